The van der Waals surface area contributed by atoms with Crippen LogP contribution >= 0.6 is 11.6 Å². The van der Waals surface area contributed by atoms with Crippen molar-refractivity contribution < 1.29 is 22.8 Å². The number of hydrogen-bond donors (Lipinski definition) is 2. The number of benzene rings is 2. The van der Waals surface area contributed by atoms with Crippen molar-refractivity contribution in [3.05, 3.63) is 70.0 Å². The molecule has 0 unspecified atom stereocenters. The van der Waals surface area contributed by atoms with Gasteiger partial charge in [-0.25, -0.2) is 13.2 Å². The molecule has 0 saturated carbocycles. The molecule has 0 bridgehead atoms. The number of halogens is 4. The van der Waals surface area contributed by atoms with Gasteiger partial charge < -0.3 is 10.6 Å². The van der Waals surface area contributed by atoms with Crippen molar-refractivity contribution in [3.8, 4) is 0 Å². The monoisotopic (exact) mass is 370 g/mol. The Morgan fingerprint density at radius 1 is 0.920 bits per heavy atom. The van der Waals surface area contributed by atoms with E-state index in [9.17, 15) is 22.8 Å². The lowest BCUT2D eigenvalue weighted by Gasteiger charge is -2.08. The lowest BCUT2D eigenvalue weighted by molar-refractivity contribution is -0.120. The Balaban J connectivity index is 1.78. The van der Waals surface area contributed by atoms with Gasteiger partial charge in [0.25, 0.3) is 5.91 Å². The molecule has 0 saturated heterocycles. The van der Waals surface area contributed by atoms with Crippen molar-refractivity contribution >= 4 is 23.4 Å². The molecule has 8 heteroatoms. The van der Waals surface area contributed by atoms with Gasteiger partial charge in [-0.3, -0.25) is 9.59 Å². The topological polar surface area (TPSA) is 58.2 Å². The summed E-state index contributed by atoms with van der Waals surface area (Å²) in [5, 5.41) is 5.33. The normalized spacial score (nSPS) is 10.4. The van der Waals surface area contributed by atoms with Crippen LogP contribution in [-0.2, 0) is 11.2 Å². The Morgan fingerprint density at radius 3 is 2.28 bits per heavy atom. The van der Waals surface area contributed by atoms with E-state index >= 15 is 0 Å². The van der Waals surface area contributed by atoms with Crippen LogP contribution in [0.2, 0.25) is 5.02 Å². The average molecular weight is 371 g/mol. The first kappa shape index (κ1) is 18.8. The quantitative estimate of drug-likeness (QED) is 0.768. The van der Waals surface area contributed by atoms with Gasteiger partial charge in [0.05, 0.1) is 12.1 Å². The van der Waals surface area contributed by atoms with Gasteiger partial charge >= 0.3 is 0 Å². The number of carbonyl (C=O) groups excluding carboxylic acids is 2. The maximum Gasteiger partial charge on any atom is 0.254 e. The highest BCUT2D eigenvalue weighted by Gasteiger charge is 2.19. The summed E-state index contributed by atoms with van der Waals surface area (Å²) >= 11 is 5.77. The Morgan fingerprint density at radius 2 is 1.60 bits per heavy atom. The van der Waals surface area contributed by atoms with Crippen LogP contribution in [0.1, 0.15) is 15.9 Å². The molecule has 0 radical (unpaired) electrons. The second kappa shape index (κ2) is 8.53. The number of nitrogens with one attached hydrogen (secondary N) is 2. The molecule has 0 aliphatic rings. The zero-order chi connectivity index (χ0) is 18.4. The molecule has 0 aromatic heterocycles. The predicted molar refractivity (Wildman–Crippen MR) is 86.8 cm³/mol. The first-order valence-electron chi connectivity index (χ1n) is 7.31. The first-order valence-corrected chi connectivity index (χ1v) is 7.69. The Bertz CT molecular complexity index is 782. The number of carbonyl (C=O) groups is 2. The second-order valence-corrected chi connectivity index (χ2v) is 5.57. The van der Waals surface area contributed by atoms with Crippen LogP contribution in [0.4, 0.5) is 13.2 Å². The van der Waals surface area contributed by atoms with Gasteiger partial charge in [-0.2, -0.15) is 0 Å². The van der Waals surface area contributed by atoms with Crippen LogP contribution in [0.25, 0.3) is 0 Å². The fourth-order valence-corrected chi connectivity index (χ4v) is 2.14. The molecule has 2 aromatic carbocycles. The minimum absolute atomic E-state index is 0.329. The van der Waals surface area contributed by atoms with E-state index in [-0.39, 0.29) is 0 Å². The zero-order valence-corrected chi connectivity index (χ0v) is 13.7. The van der Waals surface area contributed by atoms with E-state index < -0.39 is 41.4 Å². The molecule has 0 spiro atoms. The van der Waals surface area contributed by atoms with E-state index in [1.165, 1.54) is 0 Å². The Kier molecular flexibility index (Phi) is 6.41. The first-order chi connectivity index (χ1) is 11.9. The van der Waals surface area contributed by atoms with E-state index in [1.807, 2.05) is 12.1 Å². The van der Waals surface area contributed by atoms with Crippen LogP contribution in [0.5, 0.6) is 0 Å². The van der Waals surface area contributed by atoms with Gasteiger partial charge in [0.1, 0.15) is 0 Å². The third kappa shape index (κ3) is 5.22. The van der Waals surface area contributed by atoms with Crippen molar-refractivity contribution in [2.24, 2.45) is 0 Å². The molecule has 2 aromatic rings. The minimum Gasteiger partial charge on any atom is -0.354 e. The molecule has 2 rings (SSSR count). The smallest absolute Gasteiger partial charge is 0.254 e. The van der Waals surface area contributed by atoms with Crippen LogP contribution in [0, 0.1) is 17.5 Å². The molecule has 4 nitrogen and oxygen atoms in total. The van der Waals surface area contributed by atoms with Gasteiger partial charge in [-0.1, -0.05) is 23.7 Å². The van der Waals surface area contributed by atoms with Crippen LogP contribution in [0.3, 0.4) is 0 Å². The highest BCUT2D eigenvalue weighted by molar-refractivity contribution is 6.30. The highest BCUT2D eigenvalue weighted by atomic mass is 35.5. The molecule has 0 heterocycles. The Hall–Kier alpha value is -2.54. The van der Waals surface area contributed by atoms with Gasteiger partial charge in [0.2, 0.25) is 5.91 Å². The van der Waals surface area contributed by atoms with Crippen LogP contribution in [0.15, 0.2) is 36.4 Å². The van der Waals surface area contributed by atoms with E-state index in [0.29, 0.717) is 24.1 Å². The fraction of sp³-hybridized carbons (Fsp3) is 0.176. The summed E-state index contributed by atoms with van der Waals surface area (Å²) in [4.78, 5) is 23.4. The van der Waals surface area contributed by atoms with Crippen LogP contribution in [-0.4, -0.2) is 24.9 Å². The number of rotatable bonds is 6. The minimum atomic E-state index is -1.74. The SMILES string of the molecule is O=C(CNC(=O)c1ccc(F)c(F)c1F)NCCc1ccc(Cl)cc1. The summed E-state index contributed by atoms with van der Waals surface area (Å²) in [6.07, 6.45) is 0.564. The molecule has 25 heavy (non-hydrogen) atoms. The highest BCUT2D eigenvalue weighted by Crippen LogP contribution is 2.15. The molecule has 0 aliphatic carbocycles. The summed E-state index contributed by atoms with van der Waals surface area (Å²) in [6.45, 7) is -0.0895. The maximum absolute atomic E-state index is 13.5. The summed E-state index contributed by atoms with van der Waals surface area (Å²) in [5.74, 6) is -6.23. The summed E-state index contributed by atoms with van der Waals surface area (Å²) < 4.78 is 39.4. The lowest BCUT2D eigenvalue weighted by Crippen LogP contribution is -2.38. The van der Waals surface area contributed by atoms with Crippen molar-refractivity contribution in [1.82, 2.24) is 10.6 Å². The average Bonchev–Trinajstić information content (AvgIpc) is 2.59. The third-order valence-corrected chi connectivity index (χ3v) is 3.59. The summed E-state index contributed by atoms with van der Waals surface area (Å²) in [6, 6.07) is 8.55. The zero-order valence-electron chi connectivity index (χ0n) is 12.9. The predicted octanol–water partition coefficient (Wildman–Crippen LogP) is 2.85. The van der Waals surface area contributed by atoms with Crippen molar-refractivity contribution in [2.75, 3.05) is 13.1 Å². The summed E-state index contributed by atoms with van der Waals surface area (Å²) in [5.41, 5.74) is 0.297. The van der Waals surface area contributed by atoms with Gasteiger partial charge in [-0.15, -0.1) is 0 Å². The van der Waals surface area contributed by atoms with Crippen molar-refractivity contribution in [2.45, 2.75) is 6.42 Å². The van der Waals surface area contributed by atoms with Crippen molar-refractivity contribution in [1.29, 1.82) is 0 Å². The van der Waals surface area contributed by atoms with Gasteiger partial charge in [0.15, 0.2) is 17.5 Å². The fourth-order valence-electron chi connectivity index (χ4n) is 2.02. The molecule has 0 atom stereocenters. The Labute approximate surface area is 147 Å². The number of amides is 2. The van der Waals surface area contributed by atoms with E-state index in [1.54, 1.807) is 12.1 Å². The largest absolute Gasteiger partial charge is 0.354 e. The molecule has 0 aliphatic heterocycles. The molecule has 132 valence electrons. The number of hydrogen-bond acceptors (Lipinski definition) is 2. The molecule has 2 N–H and O–H groups in total. The van der Waals surface area contributed by atoms with E-state index in [0.717, 1.165) is 11.6 Å². The molecular formula is C17H14ClF3N2O2. The van der Waals surface area contributed by atoms with Crippen molar-refractivity contribution in [3.63, 3.8) is 0 Å². The maximum atomic E-state index is 13.5. The lowest BCUT2D eigenvalue weighted by atomic mass is 10.1. The van der Waals surface area contributed by atoms with Crippen LogP contribution < -0.4 is 10.6 Å². The molecular weight excluding hydrogens is 357 g/mol. The molecule has 0 fully saturated rings. The third-order valence-electron chi connectivity index (χ3n) is 3.34. The van der Waals surface area contributed by atoms with E-state index in [4.69, 9.17) is 11.6 Å². The molecule has 2 amide bonds. The standard InChI is InChI=1S/C17H14ClF3N2O2/c18-11-3-1-10(2-4-11)7-8-22-14(24)9-23-17(25)12-5-6-13(19)16(21)15(12)20/h1-6H,7-9H2,(H,22,24)(H,23,25). The van der Waals surface area contributed by atoms with Gasteiger partial charge in [0, 0.05) is 11.6 Å². The van der Waals surface area contributed by atoms with E-state index in [2.05, 4.69) is 10.6 Å². The van der Waals surface area contributed by atoms with Gasteiger partial charge in [-0.05, 0) is 36.2 Å². The summed E-state index contributed by atoms with van der Waals surface area (Å²) in [7, 11) is 0. The second-order valence-electron chi connectivity index (χ2n) is 5.13.